The van der Waals surface area contributed by atoms with Crippen LogP contribution in [-0.2, 0) is 9.59 Å². The summed E-state index contributed by atoms with van der Waals surface area (Å²) in [6.07, 6.45) is 3.05. The van der Waals surface area contributed by atoms with Crippen molar-refractivity contribution in [1.82, 2.24) is 19.7 Å². The molecule has 0 aliphatic carbocycles. The maximum Gasteiger partial charge on any atom is 0.274 e. The molecule has 4 heterocycles. The van der Waals surface area contributed by atoms with Gasteiger partial charge < -0.3 is 4.90 Å². The third-order valence-electron chi connectivity index (χ3n) is 7.88. The van der Waals surface area contributed by atoms with Gasteiger partial charge in [-0.15, -0.1) is 0 Å². The van der Waals surface area contributed by atoms with Crippen LogP contribution < -0.4 is 4.90 Å². The Bertz CT molecular complexity index is 1730. The quantitative estimate of drug-likeness (QED) is 0.198. The molecule has 0 N–H and O–H groups in total. The lowest BCUT2D eigenvalue weighted by molar-refractivity contribution is -0.124. The highest BCUT2D eigenvalue weighted by Crippen LogP contribution is 2.41. The van der Waals surface area contributed by atoms with Crippen molar-refractivity contribution in [2.75, 3.05) is 18.0 Å². The molecule has 0 bridgehead atoms. The number of benzene rings is 2. The number of carbonyl (C=O) groups excluding carboxylic acids is 3. The molecule has 2 fully saturated rings. The van der Waals surface area contributed by atoms with Crippen molar-refractivity contribution in [3.8, 4) is 16.9 Å². The van der Waals surface area contributed by atoms with Crippen LogP contribution in [0.1, 0.15) is 35.3 Å². The molecule has 2 aromatic heterocycles. The van der Waals surface area contributed by atoms with Crippen molar-refractivity contribution in [2.24, 2.45) is 0 Å². The summed E-state index contributed by atoms with van der Waals surface area (Å²) in [6.45, 7) is 1.89. The minimum atomic E-state index is -1.63. The Kier molecular flexibility index (Phi) is 6.63. The molecule has 42 heavy (non-hydrogen) atoms. The number of ketones is 1. The number of amides is 2. The predicted molar refractivity (Wildman–Crippen MR) is 143 cm³/mol. The number of pyridine rings is 1. The summed E-state index contributed by atoms with van der Waals surface area (Å²) >= 11 is 0. The highest BCUT2D eigenvalue weighted by atomic mass is 19.2. The highest BCUT2D eigenvalue weighted by molar-refractivity contribution is 6.20. The van der Waals surface area contributed by atoms with Crippen LogP contribution >= 0.6 is 0 Å². The molecule has 2 aliphatic heterocycles. The van der Waals surface area contributed by atoms with E-state index in [0.717, 1.165) is 16.8 Å². The fourth-order valence-corrected chi connectivity index (χ4v) is 5.79. The number of anilines is 1. The Morgan fingerprint density at radius 2 is 1.67 bits per heavy atom. The first kappa shape index (κ1) is 27.3. The number of hydrogen-bond acceptors (Lipinski definition) is 5. The normalized spacial score (nSPS) is 16.5. The smallest absolute Gasteiger partial charge is 0.274 e. The first-order chi connectivity index (χ1) is 20.1. The first-order valence-corrected chi connectivity index (χ1v) is 13.2. The Morgan fingerprint density at radius 3 is 2.31 bits per heavy atom. The zero-order chi connectivity index (χ0) is 29.8. The van der Waals surface area contributed by atoms with Crippen LogP contribution in [0.2, 0.25) is 0 Å². The van der Waals surface area contributed by atoms with Crippen LogP contribution in [-0.4, -0.2) is 55.9 Å². The van der Waals surface area contributed by atoms with E-state index < -0.39 is 34.7 Å². The molecule has 2 aliphatic rings. The molecule has 8 nitrogen and oxygen atoms in total. The van der Waals surface area contributed by atoms with Gasteiger partial charge in [0.2, 0.25) is 5.91 Å². The third-order valence-corrected chi connectivity index (χ3v) is 7.88. The second-order valence-electron chi connectivity index (χ2n) is 10.4. The minimum Gasteiger partial charge on any atom is -0.337 e. The second-order valence-corrected chi connectivity index (χ2v) is 10.4. The number of nitrogens with zero attached hydrogens (tertiary/aromatic N) is 5. The zero-order valence-electron chi connectivity index (χ0n) is 22.3. The molecule has 0 atom stereocenters. The number of aryl methyl sites for hydroxylation is 1. The fourth-order valence-electron chi connectivity index (χ4n) is 5.79. The number of carbonyl (C=O) groups is 3. The fraction of sp³-hybridized carbons (Fsp3) is 0.233. The Labute approximate surface area is 237 Å². The SMILES string of the molecule is Cc1cc(F)ccc1N1C(=O)CC(=O)C12CCN(C(=O)c1cc(-c3cccnc3)n(-c3cc(F)c(F)c(F)c3)n1)CC2. The Morgan fingerprint density at radius 1 is 0.952 bits per heavy atom. The number of halogens is 4. The summed E-state index contributed by atoms with van der Waals surface area (Å²) in [5.41, 5.74) is 0.396. The molecular weight excluding hydrogens is 554 g/mol. The van der Waals surface area contributed by atoms with Crippen molar-refractivity contribution in [2.45, 2.75) is 31.7 Å². The monoisotopic (exact) mass is 577 g/mol. The van der Waals surface area contributed by atoms with Gasteiger partial charge in [0.05, 0.1) is 17.8 Å². The van der Waals surface area contributed by atoms with Crippen LogP contribution in [0.5, 0.6) is 0 Å². The van der Waals surface area contributed by atoms with Gasteiger partial charge in [0.15, 0.2) is 28.9 Å². The van der Waals surface area contributed by atoms with Gasteiger partial charge >= 0.3 is 0 Å². The van der Waals surface area contributed by atoms with E-state index in [0.29, 0.717) is 22.5 Å². The number of piperidine rings is 1. The number of Topliss-reactive ketones (excluding diaryl/α,β-unsaturated/α-hetero) is 1. The molecule has 2 amide bonds. The molecule has 1 spiro atoms. The minimum absolute atomic E-state index is 0.0463. The number of hydrogen-bond donors (Lipinski definition) is 0. The van der Waals surface area contributed by atoms with E-state index in [9.17, 15) is 31.9 Å². The number of aromatic nitrogens is 3. The van der Waals surface area contributed by atoms with Crippen molar-refractivity contribution in [1.29, 1.82) is 0 Å². The van der Waals surface area contributed by atoms with Gasteiger partial charge in [0, 0.05) is 48.9 Å². The van der Waals surface area contributed by atoms with Crippen LogP contribution in [0.3, 0.4) is 0 Å². The number of likely N-dealkylation sites (tertiary alicyclic amines) is 1. The standard InChI is InChI=1S/C30H23F4N5O3/c1-17-11-19(31)4-5-24(17)38-27(41)15-26(40)30(38)6-9-37(10-7-30)29(42)23-14-25(18-3-2-8-35-16-18)39(36-23)20-12-21(32)28(34)22(33)13-20/h2-5,8,11-14,16H,6-7,9-10,15H2,1H3. The average molecular weight is 578 g/mol. The van der Waals surface area contributed by atoms with Crippen molar-refractivity contribution < 1.29 is 31.9 Å². The molecule has 2 saturated heterocycles. The van der Waals surface area contributed by atoms with Gasteiger partial charge in [-0.3, -0.25) is 24.3 Å². The van der Waals surface area contributed by atoms with E-state index in [1.807, 2.05) is 0 Å². The van der Waals surface area contributed by atoms with Gasteiger partial charge in [-0.1, -0.05) is 0 Å². The van der Waals surface area contributed by atoms with Gasteiger partial charge in [-0.25, -0.2) is 22.2 Å². The molecule has 6 rings (SSSR count). The topological polar surface area (TPSA) is 88.4 Å². The van der Waals surface area contributed by atoms with Crippen LogP contribution in [0, 0.1) is 30.2 Å². The van der Waals surface area contributed by atoms with E-state index in [1.54, 1.807) is 19.1 Å². The van der Waals surface area contributed by atoms with E-state index in [2.05, 4.69) is 10.1 Å². The largest absolute Gasteiger partial charge is 0.337 e. The van der Waals surface area contributed by atoms with E-state index >= 15 is 0 Å². The van der Waals surface area contributed by atoms with E-state index in [4.69, 9.17) is 0 Å². The van der Waals surface area contributed by atoms with Crippen LogP contribution in [0.15, 0.2) is 60.9 Å². The van der Waals surface area contributed by atoms with Gasteiger partial charge in [-0.2, -0.15) is 5.10 Å². The lowest BCUT2D eigenvalue weighted by Gasteiger charge is -2.43. The first-order valence-electron chi connectivity index (χ1n) is 13.2. The molecule has 0 radical (unpaired) electrons. The highest BCUT2D eigenvalue weighted by Gasteiger charge is 2.55. The maximum absolute atomic E-state index is 14.1. The van der Waals surface area contributed by atoms with Gasteiger partial charge in [0.1, 0.15) is 11.4 Å². The summed E-state index contributed by atoms with van der Waals surface area (Å²) in [5.74, 6) is -6.05. The maximum atomic E-state index is 14.1. The second kappa shape index (κ2) is 10.2. The molecule has 214 valence electrons. The molecule has 0 unspecified atom stereocenters. The molecule has 12 heteroatoms. The Hall–Kier alpha value is -4.87. The predicted octanol–water partition coefficient (Wildman–Crippen LogP) is 4.78. The van der Waals surface area contributed by atoms with Crippen molar-refractivity contribution >= 4 is 23.3 Å². The van der Waals surface area contributed by atoms with E-state index in [1.165, 1.54) is 46.5 Å². The molecule has 2 aromatic carbocycles. The number of rotatable bonds is 4. The Balaban J connectivity index is 1.31. The molecular formula is C30H23F4N5O3. The lowest BCUT2D eigenvalue weighted by atomic mass is 9.83. The average Bonchev–Trinajstić information content (AvgIpc) is 3.52. The van der Waals surface area contributed by atoms with Crippen molar-refractivity contribution in [3.63, 3.8) is 0 Å². The summed E-state index contributed by atoms with van der Waals surface area (Å²) in [7, 11) is 0. The summed E-state index contributed by atoms with van der Waals surface area (Å²) in [5, 5.41) is 4.32. The third kappa shape index (κ3) is 4.43. The van der Waals surface area contributed by atoms with E-state index in [-0.39, 0.29) is 55.4 Å². The molecule has 4 aromatic rings. The van der Waals surface area contributed by atoms with Crippen LogP contribution in [0.25, 0.3) is 16.9 Å². The molecule has 0 saturated carbocycles. The summed E-state index contributed by atoms with van der Waals surface area (Å²) < 4.78 is 56.8. The van der Waals surface area contributed by atoms with Crippen molar-refractivity contribution in [3.05, 3.63) is 95.5 Å². The zero-order valence-corrected chi connectivity index (χ0v) is 22.3. The lowest BCUT2D eigenvalue weighted by Crippen LogP contribution is -2.57. The summed E-state index contributed by atoms with van der Waals surface area (Å²) in [6, 6.07) is 10.3. The van der Waals surface area contributed by atoms with Gasteiger partial charge in [0.25, 0.3) is 5.91 Å². The van der Waals surface area contributed by atoms with Gasteiger partial charge in [-0.05, 0) is 61.7 Å². The van der Waals surface area contributed by atoms with Crippen LogP contribution in [0.4, 0.5) is 23.2 Å². The summed E-state index contributed by atoms with van der Waals surface area (Å²) in [4.78, 5) is 46.7.